The number of halogens is 3. The van der Waals surface area contributed by atoms with Crippen LogP contribution in [-0.4, -0.2) is 18.0 Å². The summed E-state index contributed by atoms with van der Waals surface area (Å²) in [5.74, 6) is -0.397. The molecule has 0 fully saturated rings. The van der Waals surface area contributed by atoms with Crippen molar-refractivity contribution in [1.29, 1.82) is 0 Å². The SMILES string of the molecule is CCOC(=O)C(Cl)Cc1ccc(Cl)cc1Br. The third kappa shape index (κ3) is 3.96. The first-order valence-electron chi connectivity index (χ1n) is 4.79. The second kappa shape index (κ2) is 6.48. The Balaban J connectivity index is 2.69. The van der Waals surface area contributed by atoms with E-state index in [2.05, 4.69) is 15.9 Å². The van der Waals surface area contributed by atoms with Gasteiger partial charge in [-0.3, -0.25) is 4.79 Å². The van der Waals surface area contributed by atoms with E-state index < -0.39 is 11.3 Å². The number of ether oxygens (including phenoxy) is 1. The third-order valence-corrected chi connectivity index (χ3v) is 3.26. The second-order valence-corrected chi connectivity index (χ2v) is 4.98. The van der Waals surface area contributed by atoms with Crippen LogP contribution in [0.3, 0.4) is 0 Å². The first-order valence-corrected chi connectivity index (χ1v) is 6.40. The molecule has 5 heteroatoms. The van der Waals surface area contributed by atoms with Crippen LogP contribution in [0.2, 0.25) is 5.02 Å². The first kappa shape index (κ1) is 13.8. The molecule has 0 heterocycles. The zero-order chi connectivity index (χ0) is 12.1. The van der Waals surface area contributed by atoms with Crippen LogP contribution >= 0.6 is 39.1 Å². The number of hydrogen-bond donors (Lipinski definition) is 0. The molecule has 0 aromatic heterocycles. The van der Waals surface area contributed by atoms with E-state index in [0.29, 0.717) is 18.1 Å². The molecule has 1 atom stereocenters. The summed E-state index contributed by atoms with van der Waals surface area (Å²) in [5.41, 5.74) is 0.928. The van der Waals surface area contributed by atoms with E-state index in [1.165, 1.54) is 0 Å². The van der Waals surface area contributed by atoms with Crippen LogP contribution in [0.25, 0.3) is 0 Å². The van der Waals surface area contributed by atoms with Crippen molar-refractivity contribution in [3.05, 3.63) is 33.3 Å². The lowest BCUT2D eigenvalue weighted by atomic mass is 10.1. The van der Waals surface area contributed by atoms with E-state index in [0.717, 1.165) is 10.0 Å². The van der Waals surface area contributed by atoms with Crippen LogP contribution < -0.4 is 0 Å². The van der Waals surface area contributed by atoms with Gasteiger partial charge in [0.15, 0.2) is 0 Å². The van der Waals surface area contributed by atoms with Crippen molar-refractivity contribution >= 4 is 45.1 Å². The van der Waals surface area contributed by atoms with Gasteiger partial charge in [-0.1, -0.05) is 33.6 Å². The molecule has 88 valence electrons. The maximum Gasteiger partial charge on any atom is 0.324 e. The fourth-order valence-corrected chi connectivity index (χ4v) is 2.27. The van der Waals surface area contributed by atoms with Crippen molar-refractivity contribution in [3.8, 4) is 0 Å². The second-order valence-electron chi connectivity index (χ2n) is 3.16. The Hall–Kier alpha value is -0.250. The Labute approximate surface area is 113 Å². The zero-order valence-corrected chi connectivity index (χ0v) is 11.8. The summed E-state index contributed by atoms with van der Waals surface area (Å²) in [6.07, 6.45) is 0.415. The molecule has 1 rings (SSSR count). The molecule has 0 amide bonds. The Kier molecular flexibility index (Phi) is 5.59. The van der Waals surface area contributed by atoms with Gasteiger partial charge in [0.2, 0.25) is 0 Å². The number of rotatable bonds is 4. The molecule has 0 saturated heterocycles. The van der Waals surface area contributed by atoms with Crippen LogP contribution in [0.4, 0.5) is 0 Å². The highest BCUT2D eigenvalue weighted by Gasteiger charge is 2.18. The van der Waals surface area contributed by atoms with Gasteiger partial charge in [0.1, 0.15) is 5.38 Å². The molecule has 0 aliphatic heterocycles. The number of benzene rings is 1. The normalized spacial score (nSPS) is 12.2. The number of alkyl halides is 1. The fourth-order valence-electron chi connectivity index (χ4n) is 1.20. The molecule has 1 unspecified atom stereocenters. The van der Waals surface area contributed by atoms with E-state index >= 15 is 0 Å². The van der Waals surface area contributed by atoms with Crippen LogP contribution in [-0.2, 0) is 16.0 Å². The van der Waals surface area contributed by atoms with Gasteiger partial charge in [0, 0.05) is 15.9 Å². The van der Waals surface area contributed by atoms with Crippen LogP contribution in [0, 0.1) is 0 Å². The quantitative estimate of drug-likeness (QED) is 0.621. The van der Waals surface area contributed by atoms with Gasteiger partial charge in [0.25, 0.3) is 0 Å². The van der Waals surface area contributed by atoms with Crippen molar-refractivity contribution in [2.45, 2.75) is 18.7 Å². The molecule has 0 spiro atoms. The standard InChI is InChI=1S/C11H11BrCl2O2/c1-2-16-11(15)10(14)5-7-3-4-8(13)6-9(7)12/h3-4,6,10H,2,5H2,1H3. The monoisotopic (exact) mass is 324 g/mol. The lowest BCUT2D eigenvalue weighted by Crippen LogP contribution is -2.20. The maximum absolute atomic E-state index is 11.3. The van der Waals surface area contributed by atoms with Gasteiger partial charge in [-0.15, -0.1) is 11.6 Å². The van der Waals surface area contributed by atoms with Gasteiger partial charge in [-0.25, -0.2) is 0 Å². The molecular formula is C11H11BrCl2O2. The summed E-state index contributed by atoms with van der Waals surface area (Å²) >= 11 is 15.1. The molecule has 0 N–H and O–H groups in total. The summed E-state index contributed by atoms with van der Waals surface area (Å²) in [5, 5.41) is -0.0321. The minimum Gasteiger partial charge on any atom is -0.465 e. The van der Waals surface area contributed by atoms with Crippen molar-refractivity contribution in [3.63, 3.8) is 0 Å². The number of carbonyl (C=O) groups excluding carboxylic acids is 1. The summed E-state index contributed by atoms with van der Waals surface area (Å²) in [6.45, 7) is 2.09. The number of carbonyl (C=O) groups is 1. The predicted molar refractivity (Wildman–Crippen MR) is 69.1 cm³/mol. The number of hydrogen-bond acceptors (Lipinski definition) is 2. The first-order chi connectivity index (χ1) is 7.54. The van der Waals surface area contributed by atoms with Gasteiger partial charge >= 0.3 is 5.97 Å². The van der Waals surface area contributed by atoms with Crippen molar-refractivity contribution in [1.82, 2.24) is 0 Å². The van der Waals surface area contributed by atoms with E-state index in [9.17, 15) is 4.79 Å². The van der Waals surface area contributed by atoms with Gasteiger partial charge in [0.05, 0.1) is 6.61 Å². The molecule has 0 aliphatic rings. The molecule has 0 radical (unpaired) electrons. The van der Waals surface area contributed by atoms with E-state index in [1.54, 1.807) is 19.1 Å². The Morgan fingerprint density at radius 2 is 2.25 bits per heavy atom. The van der Waals surface area contributed by atoms with Crippen molar-refractivity contribution in [2.24, 2.45) is 0 Å². The zero-order valence-electron chi connectivity index (χ0n) is 8.67. The van der Waals surface area contributed by atoms with Crippen molar-refractivity contribution < 1.29 is 9.53 Å². The molecule has 16 heavy (non-hydrogen) atoms. The minimum absolute atomic E-state index is 0.337. The van der Waals surface area contributed by atoms with Crippen molar-refractivity contribution in [2.75, 3.05) is 6.61 Å². The molecule has 2 nitrogen and oxygen atoms in total. The highest BCUT2D eigenvalue weighted by molar-refractivity contribution is 9.10. The van der Waals surface area contributed by atoms with Crippen LogP contribution in [0.5, 0.6) is 0 Å². The lowest BCUT2D eigenvalue weighted by Gasteiger charge is -2.10. The van der Waals surface area contributed by atoms with Crippen LogP contribution in [0.1, 0.15) is 12.5 Å². The van der Waals surface area contributed by atoms with E-state index in [4.69, 9.17) is 27.9 Å². The highest BCUT2D eigenvalue weighted by Crippen LogP contribution is 2.23. The molecule has 0 bridgehead atoms. The fraction of sp³-hybridized carbons (Fsp3) is 0.364. The third-order valence-electron chi connectivity index (χ3n) is 1.96. The summed E-state index contributed by atoms with van der Waals surface area (Å²) in [4.78, 5) is 11.3. The summed E-state index contributed by atoms with van der Waals surface area (Å²) < 4.78 is 5.67. The maximum atomic E-state index is 11.3. The predicted octanol–water partition coefficient (Wildman–Crippen LogP) is 3.82. The Morgan fingerprint density at radius 3 is 2.81 bits per heavy atom. The van der Waals surface area contributed by atoms with E-state index in [1.807, 2.05) is 6.07 Å². The van der Waals surface area contributed by atoms with Gasteiger partial charge < -0.3 is 4.74 Å². The average Bonchev–Trinajstić information content (AvgIpc) is 2.22. The Bertz CT molecular complexity index is 382. The molecule has 0 aliphatic carbocycles. The Morgan fingerprint density at radius 1 is 1.56 bits per heavy atom. The smallest absolute Gasteiger partial charge is 0.324 e. The largest absolute Gasteiger partial charge is 0.465 e. The number of esters is 1. The van der Waals surface area contributed by atoms with E-state index in [-0.39, 0.29) is 0 Å². The lowest BCUT2D eigenvalue weighted by molar-refractivity contribution is -0.142. The highest BCUT2D eigenvalue weighted by atomic mass is 79.9. The molecule has 1 aromatic rings. The molecule has 0 saturated carbocycles. The topological polar surface area (TPSA) is 26.3 Å². The minimum atomic E-state index is -0.669. The van der Waals surface area contributed by atoms with Crippen LogP contribution in [0.15, 0.2) is 22.7 Å². The summed E-state index contributed by atoms with van der Waals surface area (Å²) in [7, 11) is 0. The summed E-state index contributed by atoms with van der Waals surface area (Å²) in [6, 6.07) is 5.36. The van der Waals surface area contributed by atoms with Gasteiger partial charge in [-0.05, 0) is 24.6 Å². The molecule has 1 aromatic carbocycles. The van der Waals surface area contributed by atoms with Gasteiger partial charge in [-0.2, -0.15) is 0 Å². The molecular weight excluding hydrogens is 315 g/mol. The average molecular weight is 326 g/mol.